The molecule has 1 heteroatoms. The van der Waals surface area contributed by atoms with E-state index in [0.717, 1.165) is 13.1 Å². The van der Waals surface area contributed by atoms with Gasteiger partial charge in [-0.3, -0.25) is 0 Å². The van der Waals surface area contributed by atoms with Crippen LogP contribution in [0.5, 0.6) is 0 Å². The molecule has 1 nitrogen and oxygen atoms in total. The van der Waals surface area contributed by atoms with E-state index in [0.29, 0.717) is 0 Å². The van der Waals surface area contributed by atoms with Gasteiger partial charge in [-0.25, -0.2) is 0 Å². The van der Waals surface area contributed by atoms with Crippen LogP contribution in [0.1, 0.15) is 18.1 Å². The zero-order chi connectivity index (χ0) is 12.1. The number of hydrogen-bond acceptors (Lipinski definition) is 1. The minimum atomic E-state index is 0.949. The van der Waals surface area contributed by atoms with Crippen LogP contribution in [0.25, 0.3) is 11.1 Å². The van der Waals surface area contributed by atoms with E-state index in [1.165, 1.54) is 22.3 Å². The maximum absolute atomic E-state index is 3.34. The number of hydrogen-bond donors (Lipinski definition) is 1. The highest BCUT2D eigenvalue weighted by Crippen LogP contribution is 2.23. The van der Waals surface area contributed by atoms with Gasteiger partial charge < -0.3 is 5.32 Å². The molecule has 0 aliphatic carbocycles. The lowest BCUT2D eigenvalue weighted by atomic mass is 10.00. The van der Waals surface area contributed by atoms with Crippen LogP contribution in [-0.4, -0.2) is 6.54 Å². The zero-order valence-electron chi connectivity index (χ0n) is 10.5. The molecule has 2 rings (SSSR count). The zero-order valence-corrected chi connectivity index (χ0v) is 10.5. The topological polar surface area (TPSA) is 12.0 Å². The van der Waals surface area contributed by atoms with Crippen molar-refractivity contribution in [2.45, 2.75) is 20.4 Å². The SMILES string of the molecule is CCNCc1ccc(-c2ccccc2C)cc1. The first kappa shape index (κ1) is 11.9. The molecule has 0 spiro atoms. The third kappa shape index (κ3) is 2.95. The summed E-state index contributed by atoms with van der Waals surface area (Å²) < 4.78 is 0. The fraction of sp³-hybridized carbons (Fsp3) is 0.250. The summed E-state index contributed by atoms with van der Waals surface area (Å²) in [4.78, 5) is 0. The van der Waals surface area contributed by atoms with E-state index < -0.39 is 0 Å². The molecule has 0 amide bonds. The Balaban J connectivity index is 2.21. The number of rotatable bonds is 4. The Hall–Kier alpha value is -1.60. The maximum atomic E-state index is 3.34. The van der Waals surface area contributed by atoms with E-state index in [2.05, 4.69) is 67.7 Å². The Morgan fingerprint density at radius 3 is 2.29 bits per heavy atom. The molecule has 0 aromatic heterocycles. The van der Waals surface area contributed by atoms with Crippen LogP contribution in [0.2, 0.25) is 0 Å². The van der Waals surface area contributed by atoms with Gasteiger partial charge in [-0.1, -0.05) is 55.5 Å². The van der Waals surface area contributed by atoms with Crippen molar-refractivity contribution in [3.8, 4) is 11.1 Å². The smallest absolute Gasteiger partial charge is 0.0205 e. The Kier molecular flexibility index (Phi) is 3.94. The molecule has 1 N–H and O–H groups in total. The summed E-state index contributed by atoms with van der Waals surface area (Å²) in [5.41, 5.74) is 5.28. The van der Waals surface area contributed by atoms with Crippen molar-refractivity contribution in [1.29, 1.82) is 0 Å². The quantitative estimate of drug-likeness (QED) is 0.835. The van der Waals surface area contributed by atoms with E-state index >= 15 is 0 Å². The number of nitrogens with one attached hydrogen (secondary N) is 1. The van der Waals surface area contributed by atoms with Crippen LogP contribution in [-0.2, 0) is 6.54 Å². The van der Waals surface area contributed by atoms with Crippen molar-refractivity contribution in [2.75, 3.05) is 6.54 Å². The Labute approximate surface area is 103 Å². The largest absolute Gasteiger partial charge is 0.313 e. The maximum Gasteiger partial charge on any atom is 0.0205 e. The summed E-state index contributed by atoms with van der Waals surface area (Å²) in [5.74, 6) is 0. The minimum Gasteiger partial charge on any atom is -0.313 e. The molecule has 0 radical (unpaired) electrons. The van der Waals surface area contributed by atoms with E-state index in [9.17, 15) is 0 Å². The summed E-state index contributed by atoms with van der Waals surface area (Å²) in [6.07, 6.45) is 0. The molecule has 17 heavy (non-hydrogen) atoms. The van der Waals surface area contributed by atoms with Gasteiger partial charge in [0.05, 0.1) is 0 Å². The van der Waals surface area contributed by atoms with Crippen LogP contribution in [0.15, 0.2) is 48.5 Å². The predicted molar refractivity (Wildman–Crippen MR) is 74.0 cm³/mol. The molecule has 0 fully saturated rings. The molecular weight excluding hydrogens is 206 g/mol. The third-order valence-corrected chi connectivity index (χ3v) is 2.99. The lowest BCUT2D eigenvalue weighted by Crippen LogP contribution is -2.11. The standard InChI is InChI=1S/C16H19N/c1-3-17-12-14-8-10-15(11-9-14)16-7-5-4-6-13(16)2/h4-11,17H,3,12H2,1-2H3. The van der Waals surface area contributed by atoms with Gasteiger partial charge in [0.25, 0.3) is 0 Å². The van der Waals surface area contributed by atoms with Crippen molar-refractivity contribution >= 4 is 0 Å². The van der Waals surface area contributed by atoms with Crippen molar-refractivity contribution in [1.82, 2.24) is 5.32 Å². The van der Waals surface area contributed by atoms with E-state index in [-0.39, 0.29) is 0 Å². The van der Waals surface area contributed by atoms with Gasteiger partial charge in [0.1, 0.15) is 0 Å². The number of benzene rings is 2. The van der Waals surface area contributed by atoms with Crippen molar-refractivity contribution in [3.63, 3.8) is 0 Å². The second-order valence-electron chi connectivity index (χ2n) is 4.29. The molecule has 2 aromatic rings. The molecule has 0 aliphatic heterocycles. The lowest BCUT2D eigenvalue weighted by molar-refractivity contribution is 0.727. The van der Waals surface area contributed by atoms with Crippen LogP contribution in [0, 0.1) is 6.92 Å². The van der Waals surface area contributed by atoms with Gasteiger partial charge in [0.2, 0.25) is 0 Å². The molecule has 88 valence electrons. The summed E-state index contributed by atoms with van der Waals surface area (Å²) in [6, 6.07) is 17.3. The first-order valence-corrected chi connectivity index (χ1v) is 6.17. The van der Waals surface area contributed by atoms with Gasteiger partial charge >= 0.3 is 0 Å². The first-order chi connectivity index (χ1) is 8.31. The Morgan fingerprint density at radius 1 is 0.941 bits per heavy atom. The first-order valence-electron chi connectivity index (χ1n) is 6.17. The van der Waals surface area contributed by atoms with Crippen LogP contribution < -0.4 is 5.32 Å². The summed E-state index contributed by atoms with van der Waals surface area (Å²) in [7, 11) is 0. The average molecular weight is 225 g/mol. The summed E-state index contributed by atoms with van der Waals surface area (Å²) in [6.45, 7) is 6.24. The predicted octanol–water partition coefficient (Wildman–Crippen LogP) is 3.77. The highest BCUT2D eigenvalue weighted by Gasteiger charge is 2.00. The lowest BCUT2D eigenvalue weighted by Gasteiger charge is -2.07. The molecule has 0 heterocycles. The molecule has 2 aromatic carbocycles. The molecule has 0 bridgehead atoms. The van der Waals surface area contributed by atoms with E-state index in [4.69, 9.17) is 0 Å². The van der Waals surface area contributed by atoms with Gasteiger partial charge in [-0.15, -0.1) is 0 Å². The Bertz CT molecular complexity index is 471. The second kappa shape index (κ2) is 5.65. The molecule has 0 aliphatic rings. The summed E-state index contributed by atoms with van der Waals surface area (Å²) in [5, 5.41) is 3.34. The van der Waals surface area contributed by atoms with E-state index in [1.54, 1.807) is 0 Å². The van der Waals surface area contributed by atoms with Crippen LogP contribution >= 0.6 is 0 Å². The Morgan fingerprint density at radius 2 is 1.65 bits per heavy atom. The van der Waals surface area contributed by atoms with Gasteiger partial charge in [0, 0.05) is 6.54 Å². The fourth-order valence-corrected chi connectivity index (χ4v) is 1.97. The summed E-state index contributed by atoms with van der Waals surface area (Å²) >= 11 is 0. The molecular formula is C16H19N. The van der Waals surface area contributed by atoms with Crippen molar-refractivity contribution < 1.29 is 0 Å². The van der Waals surface area contributed by atoms with Gasteiger partial charge in [-0.2, -0.15) is 0 Å². The van der Waals surface area contributed by atoms with E-state index in [1.807, 2.05) is 0 Å². The fourth-order valence-electron chi connectivity index (χ4n) is 1.97. The van der Waals surface area contributed by atoms with Gasteiger partial charge in [0.15, 0.2) is 0 Å². The van der Waals surface area contributed by atoms with Crippen molar-refractivity contribution in [3.05, 3.63) is 59.7 Å². The average Bonchev–Trinajstić information content (AvgIpc) is 2.38. The highest BCUT2D eigenvalue weighted by molar-refractivity contribution is 5.67. The second-order valence-corrected chi connectivity index (χ2v) is 4.29. The van der Waals surface area contributed by atoms with Crippen LogP contribution in [0.3, 0.4) is 0 Å². The van der Waals surface area contributed by atoms with Crippen molar-refractivity contribution in [2.24, 2.45) is 0 Å². The van der Waals surface area contributed by atoms with Gasteiger partial charge in [-0.05, 0) is 35.7 Å². The molecule has 0 saturated heterocycles. The molecule has 0 atom stereocenters. The third-order valence-electron chi connectivity index (χ3n) is 2.99. The highest BCUT2D eigenvalue weighted by atomic mass is 14.8. The molecule has 0 unspecified atom stereocenters. The minimum absolute atomic E-state index is 0.949. The van der Waals surface area contributed by atoms with Crippen LogP contribution in [0.4, 0.5) is 0 Å². The monoisotopic (exact) mass is 225 g/mol. The number of aryl methyl sites for hydroxylation is 1. The normalized spacial score (nSPS) is 10.5. The molecule has 0 saturated carbocycles.